The van der Waals surface area contributed by atoms with Crippen molar-refractivity contribution in [2.24, 2.45) is 4.99 Å². The molecule has 3 heteroatoms. The maximum atomic E-state index is 10.6. The van der Waals surface area contributed by atoms with Crippen molar-refractivity contribution in [3.05, 3.63) is 89.5 Å². The van der Waals surface area contributed by atoms with Crippen LogP contribution in [0, 0.1) is 0 Å². The predicted molar refractivity (Wildman–Crippen MR) is 142 cm³/mol. The summed E-state index contributed by atoms with van der Waals surface area (Å²) in [5.74, 6) is 0. The molecule has 3 nitrogen and oxygen atoms in total. The molecule has 1 fully saturated rings. The van der Waals surface area contributed by atoms with Gasteiger partial charge in [-0.1, -0.05) is 93.6 Å². The first-order valence-corrected chi connectivity index (χ1v) is 12.3. The van der Waals surface area contributed by atoms with Crippen molar-refractivity contribution in [2.45, 2.75) is 64.0 Å². The zero-order valence-electron chi connectivity index (χ0n) is 20.5. The molecule has 1 saturated heterocycles. The van der Waals surface area contributed by atoms with Gasteiger partial charge in [0.25, 0.3) is 0 Å². The van der Waals surface area contributed by atoms with E-state index in [1.165, 1.54) is 11.1 Å². The Morgan fingerprint density at radius 2 is 1.67 bits per heavy atom. The Hall–Kier alpha value is -2.49. The fourth-order valence-corrected chi connectivity index (χ4v) is 4.19. The van der Waals surface area contributed by atoms with E-state index >= 15 is 0 Å². The number of rotatable bonds is 9. The Labute approximate surface area is 200 Å². The summed E-state index contributed by atoms with van der Waals surface area (Å²) in [4.78, 5) is 7.24. The SMILES string of the molecule is CC(C)(C)c1ccc(C(O)CCCN2CCC(N=C/C=C\C=C/c3ccccc3)CC2)cc1. The summed E-state index contributed by atoms with van der Waals surface area (Å²) < 4.78 is 0. The largest absolute Gasteiger partial charge is 0.388 e. The third kappa shape index (κ3) is 8.75. The van der Waals surface area contributed by atoms with Crippen LogP contribution in [0.2, 0.25) is 0 Å². The van der Waals surface area contributed by atoms with Crippen LogP contribution in [-0.4, -0.2) is 41.9 Å². The van der Waals surface area contributed by atoms with Gasteiger partial charge in [-0.15, -0.1) is 0 Å². The lowest BCUT2D eigenvalue weighted by Crippen LogP contribution is -2.36. The van der Waals surface area contributed by atoms with Crippen molar-refractivity contribution >= 4 is 12.3 Å². The van der Waals surface area contributed by atoms with E-state index in [2.05, 4.69) is 74.2 Å². The van der Waals surface area contributed by atoms with E-state index in [4.69, 9.17) is 4.99 Å². The van der Waals surface area contributed by atoms with Gasteiger partial charge in [-0.2, -0.15) is 0 Å². The van der Waals surface area contributed by atoms with Gasteiger partial charge in [-0.05, 0) is 60.4 Å². The summed E-state index contributed by atoms with van der Waals surface area (Å²) in [5.41, 5.74) is 3.69. The highest BCUT2D eigenvalue weighted by Crippen LogP contribution is 2.25. The van der Waals surface area contributed by atoms with Crippen LogP contribution in [0.1, 0.15) is 69.2 Å². The van der Waals surface area contributed by atoms with Gasteiger partial charge in [0.15, 0.2) is 0 Å². The molecule has 0 aliphatic carbocycles. The average Bonchev–Trinajstić information content (AvgIpc) is 2.82. The fourth-order valence-electron chi connectivity index (χ4n) is 4.19. The van der Waals surface area contributed by atoms with E-state index in [0.717, 1.165) is 50.9 Å². The van der Waals surface area contributed by atoms with E-state index in [1.54, 1.807) is 0 Å². The van der Waals surface area contributed by atoms with Crippen LogP contribution in [0.15, 0.2) is 77.8 Å². The molecule has 1 aliphatic rings. The van der Waals surface area contributed by atoms with Crippen molar-refractivity contribution in [1.29, 1.82) is 0 Å². The van der Waals surface area contributed by atoms with Crippen molar-refractivity contribution in [3.8, 4) is 0 Å². The van der Waals surface area contributed by atoms with Crippen LogP contribution in [0.25, 0.3) is 6.08 Å². The minimum absolute atomic E-state index is 0.148. The lowest BCUT2D eigenvalue weighted by molar-refractivity contribution is 0.149. The Bertz CT molecular complexity index is 899. The number of benzene rings is 2. The summed E-state index contributed by atoms with van der Waals surface area (Å²) in [6.45, 7) is 9.89. The fraction of sp³-hybridized carbons (Fsp3) is 0.433. The molecule has 33 heavy (non-hydrogen) atoms. The molecule has 1 atom stereocenters. The van der Waals surface area contributed by atoms with Crippen molar-refractivity contribution in [1.82, 2.24) is 4.90 Å². The minimum Gasteiger partial charge on any atom is -0.388 e. The Kier molecular flexibility index (Phi) is 9.65. The number of hydrogen-bond donors (Lipinski definition) is 1. The number of allylic oxidation sites excluding steroid dienone is 3. The Morgan fingerprint density at radius 1 is 0.970 bits per heavy atom. The van der Waals surface area contributed by atoms with Crippen LogP contribution in [0.3, 0.4) is 0 Å². The third-order valence-electron chi connectivity index (χ3n) is 6.36. The molecule has 2 aromatic carbocycles. The number of aliphatic hydroxyl groups is 1. The first kappa shape index (κ1) is 25.1. The molecule has 1 aliphatic heterocycles. The van der Waals surface area contributed by atoms with Crippen LogP contribution in [0.5, 0.6) is 0 Å². The van der Waals surface area contributed by atoms with Gasteiger partial charge < -0.3 is 10.0 Å². The van der Waals surface area contributed by atoms with E-state index in [0.29, 0.717) is 6.04 Å². The molecule has 0 saturated carbocycles. The molecule has 0 amide bonds. The third-order valence-corrected chi connectivity index (χ3v) is 6.36. The number of aliphatic imine (C=N–C) groups is 1. The minimum atomic E-state index is -0.371. The van der Waals surface area contributed by atoms with Crippen LogP contribution in [0.4, 0.5) is 0 Å². The van der Waals surface area contributed by atoms with Gasteiger partial charge >= 0.3 is 0 Å². The van der Waals surface area contributed by atoms with Gasteiger partial charge in [-0.3, -0.25) is 4.99 Å². The van der Waals surface area contributed by atoms with Crippen LogP contribution in [-0.2, 0) is 5.41 Å². The zero-order valence-corrected chi connectivity index (χ0v) is 20.5. The zero-order chi connectivity index (χ0) is 23.5. The van der Waals surface area contributed by atoms with Gasteiger partial charge in [0.1, 0.15) is 0 Å². The first-order valence-electron chi connectivity index (χ1n) is 12.3. The van der Waals surface area contributed by atoms with E-state index in [1.807, 2.05) is 36.6 Å². The summed E-state index contributed by atoms with van der Waals surface area (Å²) in [6.07, 6.45) is 13.8. The number of hydrogen-bond acceptors (Lipinski definition) is 3. The number of piperidine rings is 1. The number of likely N-dealkylation sites (tertiary alicyclic amines) is 1. The smallest absolute Gasteiger partial charge is 0.0790 e. The molecule has 0 aromatic heterocycles. The van der Waals surface area contributed by atoms with E-state index in [9.17, 15) is 5.11 Å². The van der Waals surface area contributed by atoms with Crippen molar-refractivity contribution in [2.75, 3.05) is 19.6 Å². The first-order chi connectivity index (χ1) is 15.9. The predicted octanol–water partition coefficient (Wildman–Crippen LogP) is 6.60. The quantitative estimate of drug-likeness (QED) is 0.349. The van der Waals surface area contributed by atoms with Crippen molar-refractivity contribution < 1.29 is 5.11 Å². The number of aliphatic hydroxyl groups excluding tert-OH is 1. The average molecular weight is 445 g/mol. The highest BCUT2D eigenvalue weighted by atomic mass is 16.3. The normalized spacial score (nSPS) is 17.5. The van der Waals surface area contributed by atoms with Crippen LogP contribution < -0.4 is 0 Å². The molecule has 1 unspecified atom stereocenters. The molecular formula is C30H40N2O. The molecular weight excluding hydrogens is 404 g/mol. The highest BCUT2D eigenvalue weighted by molar-refractivity contribution is 5.72. The highest BCUT2D eigenvalue weighted by Gasteiger charge is 2.18. The molecule has 1 heterocycles. The molecule has 3 rings (SSSR count). The molecule has 0 bridgehead atoms. The second-order valence-corrected chi connectivity index (χ2v) is 10.1. The molecule has 0 spiro atoms. The maximum Gasteiger partial charge on any atom is 0.0790 e. The molecule has 0 radical (unpaired) electrons. The maximum absolute atomic E-state index is 10.6. The van der Waals surface area contributed by atoms with Gasteiger partial charge in [0.05, 0.1) is 12.1 Å². The van der Waals surface area contributed by atoms with E-state index in [-0.39, 0.29) is 11.5 Å². The second kappa shape index (κ2) is 12.7. The van der Waals surface area contributed by atoms with Gasteiger partial charge in [0.2, 0.25) is 0 Å². The van der Waals surface area contributed by atoms with Crippen LogP contribution >= 0.6 is 0 Å². The van der Waals surface area contributed by atoms with Gasteiger partial charge in [0, 0.05) is 19.3 Å². The summed E-state index contributed by atoms with van der Waals surface area (Å²) in [7, 11) is 0. The summed E-state index contributed by atoms with van der Waals surface area (Å²) in [5, 5.41) is 10.6. The monoisotopic (exact) mass is 444 g/mol. The topological polar surface area (TPSA) is 35.8 Å². The Balaban J connectivity index is 1.31. The summed E-state index contributed by atoms with van der Waals surface area (Å²) >= 11 is 0. The molecule has 176 valence electrons. The Morgan fingerprint density at radius 3 is 2.33 bits per heavy atom. The number of nitrogens with zero attached hydrogens (tertiary/aromatic N) is 2. The molecule has 1 N–H and O–H groups in total. The standard InChI is InChI=1S/C30H40N2O/c1-30(2,3)27-17-15-26(16-18-27)29(33)14-10-22-32-23-19-28(20-24-32)31-21-9-5-8-13-25-11-6-4-7-12-25/h4-9,11-13,15-18,21,28-29,33H,10,14,19-20,22-24H2,1-3H3/b9-5-,13-8-,31-21?. The van der Waals surface area contributed by atoms with E-state index < -0.39 is 0 Å². The molecule has 2 aromatic rings. The van der Waals surface area contributed by atoms with Gasteiger partial charge in [-0.25, -0.2) is 0 Å². The van der Waals surface area contributed by atoms with Crippen molar-refractivity contribution in [3.63, 3.8) is 0 Å². The lowest BCUT2D eigenvalue weighted by atomic mass is 9.86. The second-order valence-electron chi connectivity index (χ2n) is 10.1. The summed E-state index contributed by atoms with van der Waals surface area (Å²) in [6, 6.07) is 19.2. The lowest BCUT2D eigenvalue weighted by Gasteiger charge is -2.30.